The molecule has 1 N–H and O–H groups in total. The molecule has 5 nitrogen and oxygen atoms in total. The number of benzene rings is 3. The smallest absolute Gasteiger partial charge is 0.264 e. The molecular formula is C20H17ClN2O3S. The van der Waals surface area contributed by atoms with Crippen molar-refractivity contribution in [3.8, 4) is 0 Å². The summed E-state index contributed by atoms with van der Waals surface area (Å²) >= 11 is 6.03. The van der Waals surface area contributed by atoms with E-state index in [1.165, 1.54) is 35.6 Å². The summed E-state index contributed by atoms with van der Waals surface area (Å²) in [7, 11) is -2.23. The maximum Gasteiger partial charge on any atom is 0.264 e. The Morgan fingerprint density at radius 3 is 2.11 bits per heavy atom. The lowest BCUT2D eigenvalue weighted by Gasteiger charge is -2.19. The van der Waals surface area contributed by atoms with E-state index in [4.69, 9.17) is 11.6 Å². The number of rotatable bonds is 5. The van der Waals surface area contributed by atoms with E-state index in [1.807, 2.05) is 6.07 Å². The van der Waals surface area contributed by atoms with Crippen LogP contribution in [0.25, 0.3) is 0 Å². The highest BCUT2D eigenvalue weighted by molar-refractivity contribution is 7.92. The van der Waals surface area contributed by atoms with Crippen LogP contribution in [0.3, 0.4) is 0 Å². The minimum absolute atomic E-state index is 0.100. The summed E-state index contributed by atoms with van der Waals surface area (Å²) in [6.45, 7) is 0. The molecular weight excluding hydrogens is 384 g/mol. The Morgan fingerprint density at radius 2 is 1.48 bits per heavy atom. The number of carbonyl (C=O) groups is 1. The van der Waals surface area contributed by atoms with E-state index < -0.39 is 10.0 Å². The molecule has 0 aliphatic heterocycles. The third-order valence-corrected chi connectivity index (χ3v) is 6.15. The van der Waals surface area contributed by atoms with Gasteiger partial charge in [-0.05, 0) is 48.5 Å². The molecule has 3 rings (SSSR count). The van der Waals surface area contributed by atoms with Gasteiger partial charge in [-0.2, -0.15) is 0 Å². The molecule has 0 aliphatic carbocycles. The molecule has 27 heavy (non-hydrogen) atoms. The minimum Gasteiger partial charge on any atom is -0.321 e. The Hall–Kier alpha value is -2.83. The van der Waals surface area contributed by atoms with Gasteiger partial charge in [-0.1, -0.05) is 41.9 Å². The highest BCUT2D eigenvalue weighted by atomic mass is 35.5. The zero-order valence-corrected chi connectivity index (χ0v) is 16.0. The van der Waals surface area contributed by atoms with E-state index in [2.05, 4.69) is 5.32 Å². The fourth-order valence-electron chi connectivity index (χ4n) is 2.47. The number of hydrogen-bond donors (Lipinski definition) is 1. The molecule has 0 aliphatic rings. The number of hydrogen-bond acceptors (Lipinski definition) is 3. The number of nitrogens with zero attached hydrogens (tertiary/aromatic N) is 1. The molecule has 7 heteroatoms. The summed E-state index contributed by atoms with van der Waals surface area (Å²) < 4.78 is 26.7. The molecule has 138 valence electrons. The van der Waals surface area contributed by atoms with Crippen LogP contribution in [-0.4, -0.2) is 21.4 Å². The van der Waals surface area contributed by atoms with Crippen LogP contribution in [0.2, 0.25) is 5.02 Å². The van der Waals surface area contributed by atoms with Gasteiger partial charge in [-0.3, -0.25) is 9.10 Å². The van der Waals surface area contributed by atoms with Gasteiger partial charge in [-0.25, -0.2) is 8.42 Å². The number of sulfonamides is 1. The summed E-state index contributed by atoms with van der Waals surface area (Å²) in [4.78, 5) is 12.5. The monoisotopic (exact) mass is 400 g/mol. The highest BCUT2D eigenvalue weighted by Gasteiger charge is 2.21. The van der Waals surface area contributed by atoms with E-state index in [-0.39, 0.29) is 10.8 Å². The van der Waals surface area contributed by atoms with Crippen molar-refractivity contribution < 1.29 is 13.2 Å². The summed E-state index contributed by atoms with van der Waals surface area (Å²) in [5, 5.41) is 3.13. The highest BCUT2D eigenvalue weighted by Crippen LogP contribution is 2.23. The van der Waals surface area contributed by atoms with E-state index in [9.17, 15) is 13.2 Å². The topological polar surface area (TPSA) is 66.5 Å². The van der Waals surface area contributed by atoms with Gasteiger partial charge in [0.15, 0.2) is 0 Å². The maximum absolute atomic E-state index is 12.8. The molecule has 0 radical (unpaired) electrons. The van der Waals surface area contributed by atoms with Crippen LogP contribution in [0, 0.1) is 0 Å². The predicted octanol–water partition coefficient (Wildman–Crippen LogP) is 4.42. The lowest BCUT2D eigenvalue weighted by Crippen LogP contribution is -2.26. The molecule has 1 amide bonds. The third kappa shape index (κ3) is 4.13. The molecule has 0 saturated heterocycles. The van der Waals surface area contributed by atoms with Gasteiger partial charge in [0.2, 0.25) is 0 Å². The zero-order valence-electron chi connectivity index (χ0n) is 14.5. The van der Waals surface area contributed by atoms with Crippen LogP contribution < -0.4 is 9.62 Å². The second-order valence-electron chi connectivity index (χ2n) is 5.77. The number of nitrogens with one attached hydrogen (secondary N) is 1. The van der Waals surface area contributed by atoms with Crippen molar-refractivity contribution in [1.82, 2.24) is 0 Å². The zero-order chi connectivity index (χ0) is 19.4. The average molecular weight is 401 g/mol. The van der Waals surface area contributed by atoms with E-state index in [0.717, 1.165) is 0 Å². The maximum atomic E-state index is 12.8. The van der Waals surface area contributed by atoms with E-state index in [1.54, 1.807) is 48.5 Å². The molecule has 0 fully saturated rings. The second-order valence-corrected chi connectivity index (χ2v) is 8.14. The summed E-state index contributed by atoms with van der Waals surface area (Å²) in [6.07, 6.45) is 0. The summed E-state index contributed by atoms with van der Waals surface area (Å²) in [5.41, 5.74) is 1.37. The van der Waals surface area contributed by atoms with Crippen molar-refractivity contribution in [3.05, 3.63) is 89.4 Å². The predicted molar refractivity (Wildman–Crippen MR) is 108 cm³/mol. The van der Waals surface area contributed by atoms with Gasteiger partial charge >= 0.3 is 0 Å². The number of carbonyl (C=O) groups excluding carboxylic acids is 1. The van der Waals surface area contributed by atoms with Gasteiger partial charge < -0.3 is 5.32 Å². The first-order valence-electron chi connectivity index (χ1n) is 8.09. The Bertz CT molecular complexity index is 1050. The quantitative estimate of drug-likeness (QED) is 0.689. The first-order chi connectivity index (χ1) is 12.9. The molecule has 0 spiro atoms. The first-order valence-corrected chi connectivity index (χ1v) is 9.91. The van der Waals surface area contributed by atoms with Crippen LogP contribution in [-0.2, 0) is 10.0 Å². The van der Waals surface area contributed by atoms with Gasteiger partial charge in [0.25, 0.3) is 15.9 Å². The minimum atomic E-state index is -3.72. The van der Waals surface area contributed by atoms with Gasteiger partial charge in [0.05, 0.1) is 21.3 Å². The Labute approximate surface area is 163 Å². The number of halogens is 1. The molecule has 0 bridgehead atoms. The van der Waals surface area contributed by atoms with E-state index in [0.29, 0.717) is 22.0 Å². The van der Waals surface area contributed by atoms with Crippen LogP contribution in [0.4, 0.5) is 11.4 Å². The summed E-state index contributed by atoms with van der Waals surface area (Å²) in [5.74, 6) is -0.372. The lowest BCUT2D eigenvalue weighted by atomic mass is 10.2. The molecule has 3 aromatic carbocycles. The second kappa shape index (κ2) is 7.82. The fourth-order valence-corrected chi connectivity index (χ4v) is 3.85. The number of amides is 1. The Balaban J connectivity index is 1.80. The van der Waals surface area contributed by atoms with Crippen LogP contribution in [0.5, 0.6) is 0 Å². The van der Waals surface area contributed by atoms with Gasteiger partial charge in [0, 0.05) is 12.6 Å². The molecule has 0 unspecified atom stereocenters. The Kier molecular flexibility index (Phi) is 5.48. The van der Waals surface area contributed by atoms with Crippen molar-refractivity contribution in [2.24, 2.45) is 0 Å². The first kappa shape index (κ1) is 18.9. The van der Waals surface area contributed by atoms with Crippen molar-refractivity contribution in [2.75, 3.05) is 16.7 Å². The van der Waals surface area contributed by atoms with Crippen molar-refractivity contribution in [3.63, 3.8) is 0 Å². The molecule has 0 heterocycles. The van der Waals surface area contributed by atoms with Gasteiger partial charge in [-0.15, -0.1) is 0 Å². The normalized spacial score (nSPS) is 11.0. The van der Waals surface area contributed by atoms with Gasteiger partial charge in [0.1, 0.15) is 0 Å². The standard InChI is InChI=1S/C20H17ClN2O3S/c1-23(16-7-3-2-4-8-16)27(25,26)17-13-11-15(12-14-17)20(24)22-19-10-6-5-9-18(19)21/h2-14H,1H3,(H,22,24). The van der Waals surface area contributed by atoms with E-state index >= 15 is 0 Å². The largest absolute Gasteiger partial charge is 0.321 e. The lowest BCUT2D eigenvalue weighted by molar-refractivity contribution is 0.102. The fraction of sp³-hybridized carbons (Fsp3) is 0.0500. The Morgan fingerprint density at radius 1 is 0.889 bits per heavy atom. The molecule has 3 aromatic rings. The molecule has 0 aromatic heterocycles. The van der Waals surface area contributed by atoms with Crippen LogP contribution in [0.1, 0.15) is 10.4 Å². The molecule has 0 saturated carbocycles. The average Bonchev–Trinajstić information content (AvgIpc) is 2.70. The van der Waals surface area contributed by atoms with Crippen LogP contribution in [0.15, 0.2) is 83.8 Å². The van der Waals surface area contributed by atoms with Crippen LogP contribution >= 0.6 is 11.6 Å². The third-order valence-electron chi connectivity index (χ3n) is 4.02. The van der Waals surface area contributed by atoms with Crippen molar-refractivity contribution in [2.45, 2.75) is 4.90 Å². The van der Waals surface area contributed by atoms with Crippen molar-refractivity contribution >= 4 is 38.9 Å². The summed E-state index contributed by atoms with van der Waals surface area (Å²) in [6, 6.07) is 21.4. The molecule has 0 atom stereocenters. The van der Waals surface area contributed by atoms with Crippen molar-refractivity contribution in [1.29, 1.82) is 0 Å². The SMILES string of the molecule is CN(c1ccccc1)S(=O)(=O)c1ccc(C(=O)Nc2ccccc2Cl)cc1. The number of para-hydroxylation sites is 2. The number of anilines is 2.